The van der Waals surface area contributed by atoms with Gasteiger partial charge in [-0.3, -0.25) is 4.79 Å². The maximum Gasteiger partial charge on any atom is 0.319 e. The molecule has 0 radical (unpaired) electrons. The number of halogens is 1. The Morgan fingerprint density at radius 2 is 1.71 bits per heavy atom. The highest BCUT2D eigenvalue weighted by molar-refractivity contribution is 5.92. The number of amides is 3. The topological polar surface area (TPSA) is 96.2 Å². The van der Waals surface area contributed by atoms with Crippen molar-refractivity contribution in [2.24, 2.45) is 5.73 Å². The molecule has 3 amide bonds. The van der Waals surface area contributed by atoms with Crippen LogP contribution in [0.15, 0.2) is 36.9 Å². The molecule has 0 aliphatic heterocycles. The van der Waals surface area contributed by atoms with Crippen LogP contribution in [0.3, 0.4) is 0 Å². The molecule has 0 saturated heterocycles. The Morgan fingerprint density at radius 3 is 2.24 bits per heavy atom. The second-order valence-electron chi connectivity index (χ2n) is 4.14. The van der Waals surface area contributed by atoms with Gasteiger partial charge in [-0.25, -0.2) is 4.79 Å². The Balaban J connectivity index is 0.00000400. The molecule has 0 aliphatic carbocycles. The van der Waals surface area contributed by atoms with Gasteiger partial charge in [0.15, 0.2) is 0 Å². The highest BCUT2D eigenvalue weighted by Crippen LogP contribution is 2.13. The SMILES string of the molecule is C=CCNC(=O)Nc1ccc(NC(=O)CCCN)cc1.Cl. The van der Waals surface area contributed by atoms with Crippen molar-refractivity contribution in [1.82, 2.24) is 5.32 Å². The predicted octanol–water partition coefficient (Wildman–Crippen LogP) is 2.09. The lowest BCUT2D eigenvalue weighted by Crippen LogP contribution is -2.28. The van der Waals surface area contributed by atoms with Gasteiger partial charge >= 0.3 is 6.03 Å². The van der Waals surface area contributed by atoms with Gasteiger partial charge in [0.2, 0.25) is 5.91 Å². The van der Waals surface area contributed by atoms with Crippen molar-refractivity contribution < 1.29 is 9.59 Å². The molecule has 0 atom stereocenters. The average molecular weight is 313 g/mol. The zero-order valence-electron chi connectivity index (χ0n) is 11.7. The second-order valence-corrected chi connectivity index (χ2v) is 4.14. The van der Waals surface area contributed by atoms with Crippen molar-refractivity contribution in [2.75, 3.05) is 23.7 Å². The minimum atomic E-state index is -0.301. The molecule has 21 heavy (non-hydrogen) atoms. The van der Waals surface area contributed by atoms with Crippen LogP contribution in [-0.2, 0) is 4.79 Å². The molecule has 0 spiro atoms. The fourth-order valence-corrected chi connectivity index (χ4v) is 1.46. The Labute approximate surface area is 130 Å². The Kier molecular flexibility index (Phi) is 9.66. The third-order valence-electron chi connectivity index (χ3n) is 2.44. The minimum absolute atomic E-state index is 0. The zero-order chi connectivity index (χ0) is 14.8. The number of hydrogen-bond acceptors (Lipinski definition) is 3. The van der Waals surface area contributed by atoms with Crippen LogP contribution in [0.1, 0.15) is 12.8 Å². The number of benzene rings is 1. The van der Waals surface area contributed by atoms with E-state index < -0.39 is 0 Å². The van der Waals surface area contributed by atoms with E-state index in [1.165, 1.54) is 0 Å². The molecule has 0 aromatic heterocycles. The van der Waals surface area contributed by atoms with Gasteiger partial charge in [0.1, 0.15) is 0 Å². The summed E-state index contributed by atoms with van der Waals surface area (Å²) in [5, 5.41) is 8.02. The molecular formula is C14H21ClN4O2. The van der Waals surface area contributed by atoms with Crippen LogP contribution in [0.25, 0.3) is 0 Å². The van der Waals surface area contributed by atoms with E-state index in [0.717, 1.165) is 0 Å². The lowest BCUT2D eigenvalue weighted by Gasteiger charge is -2.08. The van der Waals surface area contributed by atoms with Gasteiger partial charge in [-0.15, -0.1) is 19.0 Å². The average Bonchev–Trinajstić information content (AvgIpc) is 2.45. The maximum absolute atomic E-state index is 11.5. The fraction of sp³-hybridized carbons (Fsp3) is 0.286. The van der Waals surface area contributed by atoms with Crippen LogP contribution in [-0.4, -0.2) is 25.0 Å². The molecular weight excluding hydrogens is 292 g/mol. The Morgan fingerprint density at radius 1 is 1.14 bits per heavy atom. The molecule has 6 nitrogen and oxygen atoms in total. The van der Waals surface area contributed by atoms with E-state index >= 15 is 0 Å². The highest BCUT2D eigenvalue weighted by atomic mass is 35.5. The summed E-state index contributed by atoms with van der Waals surface area (Å²) in [5.74, 6) is -0.0696. The van der Waals surface area contributed by atoms with Crippen molar-refractivity contribution in [2.45, 2.75) is 12.8 Å². The van der Waals surface area contributed by atoms with E-state index in [4.69, 9.17) is 5.73 Å². The van der Waals surface area contributed by atoms with Gasteiger partial charge in [-0.05, 0) is 37.2 Å². The van der Waals surface area contributed by atoms with Crippen LogP contribution in [0.4, 0.5) is 16.2 Å². The summed E-state index contributed by atoms with van der Waals surface area (Å²) >= 11 is 0. The van der Waals surface area contributed by atoms with Crippen molar-refractivity contribution in [3.8, 4) is 0 Å². The largest absolute Gasteiger partial charge is 0.334 e. The van der Waals surface area contributed by atoms with Gasteiger partial charge in [0, 0.05) is 24.3 Å². The van der Waals surface area contributed by atoms with Gasteiger partial charge in [0.05, 0.1) is 0 Å². The van der Waals surface area contributed by atoms with Crippen molar-refractivity contribution in [1.29, 1.82) is 0 Å². The molecule has 1 rings (SSSR count). The summed E-state index contributed by atoms with van der Waals surface area (Å²) in [7, 11) is 0. The van der Waals surface area contributed by atoms with Crippen molar-refractivity contribution in [3.63, 3.8) is 0 Å². The lowest BCUT2D eigenvalue weighted by atomic mass is 10.2. The monoisotopic (exact) mass is 312 g/mol. The first-order valence-corrected chi connectivity index (χ1v) is 6.41. The molecule has 0 bridgehead atoms. The highest BCUT2D eigenvalue weighted by Gasteiger charge is 2.03. The summed E-state index contributed by atoms with van der Waals surface area (Å²) in [5.41, 5.74) is 6.67. The summed E-state index contributed by atoms with van der Waals surface area (Å²) in [6.07, 6.45) is 2.66. The van der Waals surface area contributed by atoms with Gasteiger partial charge in [0.25, 0.3) is 0 Å². The van der Waals surface area contributed by atoms with Crippen molar-refractivity contribution in [3.05, 3.63) is 36.9 Å². The van der Waals surface area contributed by atoms with Gasteiger partial charge in [-0.2, -0.15) is 0 Å². The molecule has 0 fully saturated rings. The quantitative estimate of drug-likeness (QED) is 0.580. The van der Waals surface area contributed by atoms with E-state index in [2.05, 4.69) is 22.5 Å². The molecule has 0 unspecified atom stereocenters. The first-order valence-electron chi connectivity index (χ1n) is 6.41. The van der Waals surface area contributed by atoms with E-state index in [0.29, 0.717) is 37.3 Å². The smallest absolute Gasteiger partial charge is 0.319 e. The molecule has 1 aromatic rings. The molecule has 116 valence electrons. The fourth-order valence-electron chi connectivity index (χ4n) is 1.46. The predicted molar refractivity (Wildman–Crippen MR) is 87.8 cm³/mol. The summed E-state index contributed by atoms with van der Waals surface area (Å²) in [6.45, 7) is 4.41. The number of carbonyl (C=O) groups is 2. The number of rotatable bonds is 7. The normalized spacial score (nSPS) is 9.19. The standard InChI is InChI=1S/C14H20N4O2.ClH/c1-2-10-16-14(20)18-12-7-5-11(6-8-12)17-13(19)4-3-9-15;/h2,5-8H,1,3-4,9-10,15H2,(H,17,19)(H2,16,18,20);1H. The van der Waals surface area contributed by atoms with E-state index in [1.807, 2.05) is 0 Å². The zero-order valence-corrected chi connectivity index (χ0v) is 12.5. The Hall–Kier alpha value is -2.05. The maximum atomic E-state index is 11.5. The molecule has 0 aliphatic rings. The molecule has 5 N–H and O–H groups in total. The minimum Gasteiger partial charge on any atom is -0.334 e. The summed E-state index contributed by atoms with van der Waals surface area (Å²) in [6, 6.07) is 6.58. The van der Waals surface area contributed by atoms with Gasteiger partial charge in [-0.1, -0.05) is 6.08 Å². The number of carbonyl (C=O) groups excluding carboxylic acids is 2. The molecule has 1 aromatic carbocycles. The van der Waals surface area contributed by atoms with Crippen molar-refractivity contribution >= 4 is 35.7 Å². The first-order chi connectivity index (χ1) is 9.65. The lowest BCUT2D eigenvalue weighted by molar-refractivity contribution is -0.116. The number of anilines is 2. The third kappa shape index (κ3) is 7.96. The van der Waals surface area contributed by atoms with Crippen LogP contribution in [0.2, 0.25) is 0 Å². The number of nitrogens with one attached hydrogen (secondary N) is 3. The Bertz CT molecular complexity index is 463. The van der Waals surface area contributed by atoms with E-state index in [1.54, 1.807) is 30.3 Å². The number of nitrogens with two attached hydrogens (primary N) is 1. The first kappa shape index (κ1) is 18.9. The molecule has 0 saturated carbocycles. The van der Waals surface area contributed by atoms with Crippen LogP contribution >= 0.6 is 12.4 Å². The number of hydrogen-bond donors (Lipinski definition) is 4. The van der Waals surface area contributed by atoms with Crippen LogP contribution in [0.5, 0.6) is 0 Å². The summed E-state index contributed by atoms with van der Waals surface area (Å²) in [4.78, 5) is 22.9. The number of urea groups is 1. The second kappa shape index (κ2) is 10.7. The van der Waals surface area contributed by atoms with Crippen LogP contribution < -0.4 is 21.7 Å². The van der Waals surface area contributed by atoms with E-state index in [-0.39, 0.29) is 24.3 Å². The van der Waals surface area contributed by atoms with Gasteiger partial charge < -0.3 is 21.7 Å². The molecule has 0 heterocycles. The third-order valence-corrected chi connectivity index (χ3v) is 2.44. The van der Waals surface area contributed by atoms with Crippen LogP contribution in [0, 0.1) is 0 Å². The van der Waals surface area contributed by atoms with E-state index in [9.17, 15) is 9.59 Å². The summed E-state index contributed by atoms with van der Waals surface area (Å²) < 4.78 is 0. The molecule has 7 heteroatoms.